The molecule has 0 atom stereocenters. The first-order valence-electron chi connectivity index (χ1n) is 12.2. The minimum Gasteiger partial charge on any atom is -0.748 e. The molecule has 1 heterocycles. The lowest BCUT2D eigenvalue weighted by molar-refractivity contribution is -0.438. The second-order valence-electron chi connectivity index (χ2n) is 9.43. The molecular formula is C30H32N2O3S. The molecule has 3 aromatic rings. The fraction of sp³-hybridized carbons (Fsp3) is 0.233. The van der Waals surface area contributed by atoms with Crippen molar-refractivity contribution in [3.05, 3.63) is 109 Å². The van der Waals surface area contributed by atoms with Gasteiger partial charge in [0, 0.05) is 41.8 Å². The van der Waals surface area contributed by atoms with E-state index in [0.29, 0.717) is 19.4 Å². The Morgan fingerprint density at radius 2 is 1.61 bits per heavy atom. The van der Waals surface area contributed by atoms with Crippen LogP contribution in [0.25, 0.3) is 10.8 Å². The number of nitrogens with zero attached hydrogens (tertiary/aromatic N) is 1. The lowest BCUT2D eigenvalue weighted by Gasteiger charge is -2.17. The average molecular weight is 501 g/mol. The summed E-state index contributed by atoms with van der Waals surface area (Å²) in [5.41, 5.74) is 4.35. The summed E-state index contributed by atoms with van der Waals surface area (Å²) in [7, 11) is -4.20. The predicted octanol–water partition coefficient (Wildman–Crippen LogP) is 6.28. The average Bonchev–Trinajstić information content (AvgIpc) is 3.07. The molecule has 186 valence electrons. The molecule has 0 bridgehead atoms. The monoisotopic (exact) mass is 500 g/mol. The van der Waals surface area contributed by atoms with Gasteiger partial charge in [0.2, 0.25) is 5.69 Å². The van der Waals surface area contributed by atoms with Gasteiger partial charge < -0.3 is 9.87 Å². The summed E-state index contributed by atoms with van der Waals surface area (Å²) in [6.45, 7) is 5.11. The van der Waals surface area contributed by atoms with Crippen LogP contribution in [0, 0.1) is 0 Å². The van der Waals surface area contributed by atoms with E-state index in [9.17, 15) is 13.0 Å². The third-order valence-electron chi connectivity index (χ3n) is 6.49. The number of rotatable bonds is 10. The number of allylic oxidation sites excluding steroid dienone is 5. The number of benzene rings is 3. The largest absolute Gasteiger partial charge is 0.748 e. The van der Waals surface area contributed by atoms with Crippen molar-refractivity contribution in [1.29, 1.82) is 0 Å². The van der Waals surface area contributed by atoms with E-state index in [-0.39, 0.29) is 11.2 Å². The van der Waals surface area contributed by atoms with Gasteiger partial charge in [0.05, 0.1) is 15.5 Å². The Labute approximate surface area is 213 Å². The minimum atomic E-state index is -4.20. The molecule has 0 spiro atoms. The van der Waals surface area contributed by atoms with E-state index >= 15 is 0 Å². The second kappa shape index (κ2) is 11.1. The van der Waals surface area contributed by atoms with Crippen molar-refractivity contribution in [3.63, 3.8) is 0 Å². The molecule has 1 aliphatic heterocycles. The van der Waals surface area contributed by atoms with E-state index in [1.54, 1.807) is 0 Å². The van der Waals surface area contributed by atoms with Crippen LogP contribution in [0.3, 0.4) is 0 Å². The fourth-order valence-electron chi connectivity index (χ4n) is 4.83. The number of unbranched alkanes of at least 4 members (excludes halogenated alkanes) is 1. The number of hydrogen-bond acceptors (Lipinski definition) is 4. The summed E-state index contributed by atoms with van der Waals surface area (Å²) in [6.07, 6.45) is 12.9. The molecule has 0 aliphatic carbocycles. The SMILES string of the molecule is CC1(C)C(/C=C/C=C/C=C/Nc2ccccc2)=[N+](CCCCS(=O)(=O)[O-])c2ccc3ccccc3c21. The van der Waals surface area contributed by atoms with Crippen molar-refractivity contribution in [3.8, 4) is 0 Å². The summed E-state index contributed by atoms with van der Waals surface area (Å²) in [5, 5.41) is 5.65. The highest BCUT2D eigenvalue weighted by atomic mass is 32.2. The molecule has 0 radical (unpaired) electrons. The van der Waals surface area contributed by atoms with Gasteiger partial charge in [-0.15, -0.1) is 0 Å². The van der Waals surface area contributed by atoms with Crippen LogP contribution in [0.1, 0.15) is 32.3 Å². The molecule has 36 heavy (non-hydrogen) atoms. The second-order valence-corrected chi connectivity index (χ2v) is 10.9. The van der Waals surface area contributed by atoms with Gasteiger partial charge in [0.1, 0.15) is 6.54 Å². The van der Waals surface area contributed by atoms with Crippen molar-refractivity contribution in [2.24, 2.45) is 0 Å². The van der Waals surface area contributed by atoms with Crippen LogP contribution < -0.4 is 5.32 Å². The lowest BCUT2D eigenvalue weighted by atomic mass is 9.79. The Bertz CT molecular complexity index is 1450. The minimum absolute atomic E-state index is 0.240. The van der Waals surface area contributed by atoms with Crippen LogP contribution >= 0.6 is 0 Å². The zero-order valence-corrected chi connectivity index (χ0v) is 21.5. The number of fused-ring (bicyclic) bond motifs is 3. The number of hydrogen-bond donors (Lipinski definition) is 1. The maximum Gasteiger partial charge on any atom is 0.210 e. The topological polar surface area (TPSA) is 72.2 Å². The molecule has 1 aliphatic rings. The van der Waals surface area contributed by atoms with Gasteiger partial charge in [-0.25, -0.2) is 8.42 Å². The molecule has 5 nitrogen and oxygen atoms in total. The molecule has 0 unspecified atom stereocenters. The normalized spacial score (nSPS) is 15.5. The third-order valence-corrected chi connectivity index (χ3v) is 7.28. The molecule has 0 aromatic heterocycles. The van der Waals surface area contributed by atoms with E-state index in [4.69, 9.17) is 0 Å². The maximum absolute atomic E-state index is 11.1. The Morgan fingerprint density at radius 3 is 2.39 bits per heavy atom. The van der Waals surface area contributed by atoms with E-state index in [0.717, 1.165) is 17.1 Å². The molecule has 0 amide bonds. The predicted molar refractivity (Wildman–Crippen MR) is 148 cm³/mol. The van der Waals surface area contributed by atoms with E-state index in [1.165, 1.54) is 16.3 Å². The smallest absolute Gasteiger partial charge is 0.210 e. The van der Waals surface area contributed by atoms with Gasteiger partial charge in [-0.3, -0.25) is 0 Å². The van der Waals surface area contributed by atoms with Crippen molar-refractivity contribution in [2.75, 3.05) is 17.6 Å². The zero-order chi connectivity index (χ0) is 25.6. The third kappa shape index (κ3) is 6.01. The number of para-hydroxylation sites is 1. The molecule has 4 rings (SSSR count). The van der Waals surface area contributed by atoms with Crippen molar-refractivity contribution in [1.82, 2.24) is 0 Å². The first-order chi connectivity index (χ1) is 17.3. The van der Waals surface area contributed by atoms with Crippen LogP contribution in [0.5, 0.6) is 0 Å². The van der Waals surface area contributed by atoms with Gasteiger partial charge in [0.25, 0.3) is 0 Å². The summed E-state index contributed by atoms with van der Waals surface area (Å²) < 4.78 is 35.5. The first kappa shape index (κ1) is 25.6. The Morgan fingerprint density at radius 1 is 0.889 bits per heavy atom. The van der Waals surface area contributed by atoms with Crippen LogP contribution in [0.15, 0.2) is 103 Å². The van der Waals surface area contributed by atoms with E-state index in [1.807, 2.05) is 66.9 Å². The van der Waals surface area contributed by atoms with E-state index in [2.05, 4.69) is 60.1 Å². The van der Waals surface area contributed by atoms with E-state index < -0.39 is 10.1 Å². The van der Waals surface area contributed by atoms with Gasteiger partial charge in [-0.1, -0.05) is 60.7 Å². The molecule has 3 aromatic carbocycles. The zero-order valence-electron chi connectivity index (χ0n) is 20.7. The van der Waals surface area contributed by atoms with Crippen LogP contribution in [0.2, 0.25) is 0 Å². The number of anilines is 1. The van der Waals surface area contributed by atoms with Crippen molar-refractivity contribution >= 4 is 38.0 Å². The van der Waals surface area contributed by atoms with Crippen LogP contribution in [-0.4, -0.2) is 35.6 Å². The molecule has 0 saturated carbocycles. The van der Waals surface area contributed by atoms with Crippen molar-refractivity contribution < 1.29 is 17.5 Å². The van der Waals surface area contributed by atoms with Gasteiger partial charge in [0.15, 0.2) is 5.71 Å². The summed E-state index contributed by atoms with van der Waals surface area (Å²) in [4.78, 5) is 0. The highest BCUT2D eigenvalue weighted by molar-refractivity contribution is 7.85. The fourth-order valence-corrected chi connectivity index (χ4v) is 5.39. The lowest BCUT2D eigenvalue weighted by Crippen LogP contribution is -2.28. The highest BCUT2D eigenvalue weighted by Crippen LogP contribution is 2.44. The number of nitrogens with one attached hydrogen (secondary N) is 1. The standard InChI is InChI=1S/C30H32N2O3S/c1-30(2)28(18-8-3-4-11-21-31-25-15-6-5-7-16-25)32(22-12-13-23-36(33,34)35)27-20-19-24-14-9-10-17-26(24)29(27)30/h3-11,14-21H,12-13,22-23H2,1-2H3,(H,33,34,35). The maximum atomic E-state index is 11.1. The quantitative estimate of drug-likeness (QED) is 0.154. The van der Waals surface area contributed by atoms with Gasteiger partial charge in [-0.2, -0.15) is 4.58 Å². The molecular weight excluding hydrogens is 468 g/mol. The molecule has 1 N–H and O–H groups in total. The van der Waals surface area contributed by atoms with Crippen LogP contribution in [-0.2, 0) is 15.5 Å². The molecule has 6 heteroatoms. The summed E-state index contributed by atoms with van der Waals surface area (Å²) in [6, 6.07) is 22.7. The highest BCUT2D eigenvalue weighted by Gasteiger charge is 2.45. The first-order valence-corrected chi connectivity index (χ1v) is 13.8. The Kier molecular flexibility index (Phi) is 7.87. The Hall–Kier alpha value is -3.48. The molecule has 0 fully saturated rings. The van der Waals surface area contributed by atoms with Gasteiger partial charge in [-0.05, 0) is 55.3 Å². The van der Waals surface area contributed by atoms with Crippen molar-refractivity contribution in [2.45, 2.75) is 32.1 Å². The summed E-state index contributed by atoms with van der Waals surface area (Å²) in [5.74, 6) is -0.327. The Balaban J connectivity index is 1.57. The van der Waals surface area contributed by atoms with Gasteiger partial charge >= 0.3 is 0 Å². The summed E-state index contributed by atoms with van der Waals surface area (Å²) >= 11 is 0. The van der Waals surface area contributed by atoms with Crippen LogP contribution in [0.4, 0.5) is 11.4 Å². The molecule has 0 saturated heterocycles.